The monoisotopic (exact) mass is 439 g/mol. The van der Waals surface area contributed by atoms with Gasteiger partial charge in [-0.3, -0.25) is 9.48 Å². The predicted molar refractivity (Wildman–Crippen MR) is 118 cm³/mol. The molecule has 0 atom stereocenters. The van der Waals surface area contributed by atoms with Crippen molar-refractivity contribution >= 4 is 17.5 Å². The van der Waals surface area contributed by atoms with Crippen LogP contribution in [0.25, 0.3) is 11.3 Å². The van der Waals surface area contributed by atoms with Crippen molar-refractivity contribution in [3.63, 3.8) is 0 Å². The van der Waals surface area contributed by atoms with Crippen molar-refractivity contribution in [1.82, 2.24) is 29.5 Å². The molecule has 0 unspecified atom stereocenters. The molecule has 9 nitrogen and oxygen atoms in total. The molecule has 0 radical (unpaired) electrons. The van der Waals surface area contributed by atoms with E-state index in [0.29, 0.717) is 22.9 Å². The average molecular weight is 439 g/mol. The fourth-order valence-electron chi connectivity index (χ4n) is 3.55. The first kappa shape index (κ1) is 21.7. The molecule has 1 saturated heterocycles. The van der Waals surface area contributed by atoms with Crippen LogP contribution in [0.15, 0.2) is 36.8 Å². The van der Waals surface area contributed by atoms with E-state index >= 15 is 0 Å². The second-order valence-electron chi connectivity index (χ2n) is 7.81. The van der Waals surface area contributed by atoms with Gasteiger partial charge in [-0.2, -0.15) is 5.10 Å². The lowest BCUT2D eigenvalue weighted by Crippen LogP contribution is -2.48. The number of piperazine rings is 1. The van der Waals surface area contributed by atoms with E-state index in [1.165, 1.54) is 13.2 Å². The van der Waals surface area contributed by atoms with Gasteiger partial charge in [0.15, 0.2) is 11.6 Å². The van der Waals surface area contributed by atoms with Gasteiger partial charge >= 0.3 is 0 Å². The van der Waals surface area contributed by atoms with Crippen LogP contribution in [0.5, 0.6) is 5.75 Å². The number of nitrogens with one attached hydrogen (secondary N) is 1. The van der Waals surface area contributed by atoms with Crippen LogP contribution in [0.4, 0.5) is 16.0 Å². The Morgan fingerprint density at radius 1 is 1.22 bits per heavy atom. The SMILES string of the molecule is COc1ccc(-c2nc(Nc3cnn(CC(=O)N4CCN(C)CC4)c3)ncc2C)cc1F. The highest BCUT2D eigenvalue weighted by atomic mass is 19.1. The summed E-state index contributed by atoms with van der Waals surface area (Å²) in [5.74, 6) is 0.121. The number of aryl methyl sites for hydroxylation is 1. The van der Waals surface area contributed by atoms with E-state index in [4.69, 9.17) is 4.74 Å². The van der Waals surface area contributed by atoms with Crippen LogP contribution in [0.2, 0.25) is 0 Å². The number of amides is 1. The number of anilines is 2. The Morgan fingerprint density at radius 3 is 2.72 bits per heavy atom. The van der Waals surface area contributed by atoms with E-state index in [2.05, 4.69) is 32.3 Å². The third-order valence-corrected chi connectivity index (χ3v) is 5.44. The summed E-state index contributed by atoms with van der Waals surface area (Å²) >= 11 is 0. The zero-order valence-corrected chi connectivity index (χ0v) is 18.4. The maximum Gasteiger partial charge on any atom is 0.244 e. The number of likely N-dealkylation sites (N-methyl/N-ethyl adjacent to an activating group) is 1. The summed E-state index contributed by atoms with van der Waals surface area (Å²) in [6, 6.07) is 4.71. The minimum Gasteiger partial charge on any atom is -0.494 e. The molecule has 1 aliphatic rings. The lowest BCUT2D eigenvalue weighted by atomic mass is 10.1. The quantitative estimate of drug-likeness (QED) is 0.631. The maximum absolute atomic E-state index is 14.1. The molecule has 0 spiro atoms. The number of ether oxygens (including phenoxy) is 1. The van der Waals surface area contributed by atoms with E-state index in [0.717, 1.165) is 31.7 Å². The number of carbonyl (C=O) groups excluding carboxylic acids is 1. The summed E-state index contributed by atoms with van der Waals surface area (Å²) in [6.07, 6.45) is 5.03. The number of benzene rings is 1. The highest BCUT2D eigenvalue weighted by Crippen LogP contribution is 2.27. The van der Waals surface area contributed by atoms with E-state index < -0.39 is 5.82 Å². The molecular formula is C22H26FN7O2. The molecule has 32 heavy (non-hydrogen) atoms. The first-order valence-corrected chi connectivity index (χ1v) is 10.4. The van der Waals surface area contributed by atoms with Crippen molar-refractivity contribution in [3.05, 3.63) is 48.2 Å². The van der Waals surface area contributed by atoms with Crippen LogP contribution in [-0.2, 0) is 11.3 Å². The van der Waals surface area contributed by atoms with Crippen LogP contribution in [-0.4, -0.2) is 75.8 Å². The Hall–Kier alpha value is -3.53. The Bertz CT molecular complexity index is 1110. The Balaban J connectivity index is 1.45. The summed E-state index contributed by atoms with van der Waals surface area (Å²) < 4.78 is 20.7. The van der Waals surface area contributed by atoms with Gasteiger partial charge in [0.2, 0.25) is 11.9 Å². The van der Waals surface area contributed by atoms with Gasteiger partial charge in [-0.05, 0) is 37.7 Å². The number of hydrogen-bond acceptors (Lipinski definition) is 7. The molecule has 1 aliphatic heterocycles. The standard InChI is InChI=1S/C22H26FN7O2/c1-15-11-24-22(27-21(15)16-4-5-19(32-3)18(23)10-16)26-17-12-25-30(13-17)14-20(31)29-8-6-28(2)7-9-29/h4-5,10-13H,6-9,14H2,1-3H3,(H,24,26,27). The number of rotatable bonds is 6. The first-order chi connectivity index (χ1) is 15.4. The molecule has 1 fully saturated rings. The molecule has 1 aromatic carbocycles. The zero-order valence-electron chi connectivity index (χ0n) is 18.4. The lowest BCUT2D eigenvalue weighted by Gasteiger charge is -2.32. The number of methoxy groups -OCH3 is 1. The summed E-state index contributed by atoms with van der Waals surface area (Å²) in [5, 5.41) is 7.37. The van der Waals surface area contributed by atoms with Gasteiger partial charge in [0.1, 0.15) is 6.54 Å². The Morgan fingerprint density at radius 2 is 2.00 bits per heavy atom. The molecule has 3 heterocycles. The van der Waals surface area contributed by atoms with Crippen molar-refractivity contribution < 1.29 is 13.9 Å². The number of nitrogens with zero attached hydrogens (tertiary/aromatic N) is 6. The minimum absolute atomic E-state index is 0.0446. The number of aromatic nitrogens is 4. The van der Waals surface area contributed by atoms with Gasteiger partial charge in [-0.1, -0.05) is 0 Å². The van der Waals surface area contributed by atoms with Gasteiger partial charge in [-0.15, -0.1) is 0 Å². The Labute approximate surface area is 185 Å². The van der Waals surface area contributed by atoms with Crippen LogP contribution in [0, 0.1) is 12.7 Å². The normalized spacial score (nSPS) is 14.4. The molecule has 10 heteroatoms. The Kier molecular flexibility index (Phi) is 6.31. The minimum atomic E-state index is -0.455. The van der Waals surface area contributed by atoms with Gasteiger partial charge in [0.05, 0.1) is 24.7 Å². The van der Waals surface area contributed by atoms with Crippen LogP contribution in [0.3, 0.4) is 0 Å². The zero-order chi connectivity index (χ0) is 22.7. The molecule has 4 rings (SSSR count). The third-order valence-electron chi connectivity index (χ3n) is 5.44. The van der Waals surface area contributed by atoms with E-state index in [1.54, 1.807) is 35.4 Å². The maximum atomic E-state index is 14.1. The predicted octanol–water partition coefficient (Wildman–Crippen LogP) is 2.31. The molecule has 1 N–H and O–H groups in total. The van der Waals surface area contributed by atoms with Crippen molar-refractivity contribution in [3.8, 4) is 17.0 Å². The highest BCUT2D eigenvalue weighted by molar-refractivity contribution is 5.76. The smallest absolute Gasteiger partial charge is 0.244 e. The van der Waals surface area contributed by atoms with Gasteiger partial charge in [-0.25, -0.2) is 14.4 Å². The summed E-state index contributed by atoms with van der Waals surface area (Å²) in [4.78, 5) is 25.4. The van der Waals surface area contributed by atoms with Crippen LogP contribution < -0.4 is 10.1 Å². The number of carbonyl (C=O) groups is 1. The van der Waals surface area contributed by atoms with Gasteiger partial charge < -0.3 is 19.9 Å². The van der Waals surface area contributed by atoms with Crippen LogP contribution in [0.1, 0.15) is 5.56 Å². The fraction of sp³-hybridized carbons (Fsp3) is 0.364. The summed E-state index contributed by atoms with van der Waals surface area (Å²) in [7, 11) is 3.48. The van der Waals surface area contributed by atoms with Crippen molar-refractivity contribution in [2.75, 3.05) is 45.7 Å². The topological polar surface area (TPSA) is 88.4 Å². The molecule has 2 aromatic heterocycles. The lowest BCUT2D eigenvalue weighted by molar-refractivity contribution is -0.133. The largest absolute Gasteiger partial charge is 0.494 e. The molecule has 1 amide bonds. The van der Waals surface area contributed by atoms with Gasteiger partial charge in [0, 0.05) is 44.1 Å². The van der Waals surface area contributed by atoms with Crippen molar-refractivity contribution in [2.24, 2.45) is 0 Å². The number of hydrogen-bond donors (Lipinski definition) is 1. The second kappa shape index (κ2) is 9.31. The molecule has 0 aliphatic carbocycles. The number of halogens is 1. The third kappa shape index (κ3) is 4.86. The molecule has 0 bridgehead atoms. The van der Waals surface area contributed by atoms with Crippen molar-refractivity contribution in [1.29, 1.82) is 0 Å². The van der Waals surface area contributed by atoms with Gasteiger partial charge in [0.25, 0.3) is 0 Å². The first-order valence-electron chi connectivity index (χ1n) is 10.4. The van der Waals surface area contributed by atoms with E-state index in [9.17, 15) is 9.18 Å². The molecule has 168 valence electrons. The second-order valence-corrected chi connectivity index (χ2v) is 7.81. The van der Waals surface area contributed by atoms with E-state index in [-0.39, 0.29) is 18.2 Å². The fourth-order valence-corrected chi connectivity index (χ4v) is 3.55. The summed E-state index contributed by atoms with van der Waals surface area (Å²) in [5.41, 5.74) is 2.71. The van der Waals surface area contributed by atoms with E-state index in [1.807, 2.05) is 11.8 Å². The van der Waals surface area contributed by atoms with Crippen LogP contribution >= 0.6 is 0 Å². The molecule has 0 saturated carbocycles. The molecule has 3 aromatic rings. The molecular weight excluding hydrogens is 413 g/mol. The summed E-state index contributed by atoms with van der Waals surface area (Å²) in [6.45, 7) is 5.26. The highest BCUT2D eigenvalue weighted by Gasteiger charge is 2.19. The average Bonchev–Trinajstić information content (AvgIpc) is 3.22. The van der Waals surface area contributed by atoms with Crippen molar-refractivity contribution in [2.45, 2.75) is 13.5 Å².